The van der Waals surface area contributed by atoms with Crippen molar-refractivity contribution in [3.05, 3.63) is 47.2 Å². The van der Waals surface area contributed by atoms with Crippen LogP contribution in [0.4, 0.5) is 5.82 Å². The van der Waals surface area contributed by atoms with Gasteiger partial charge in [-0.25, -0.2) is 0 Å². The Morgan fingerprint density at radius 3 is 2.60 bits per heavy atom. The zero-order valence-electron chi connectivity index (χ0n) is 14.0. The van der Waals surface area contributed by atoms with Gasteiger partial charge < -0.3 is 10.2 Å². The summed E-state index contributed by atoms with van der Waals surface area (Å²) < 4.78 is 1.49. The topological polar surface area (TPSA) is 91.0 Å². The number of hydrogen-bond acceptors (Lipinski definition) is 4. The number of rotatable bonds is 4. The molecular weight excluding hydrogens is 318 g/mol. The fourth-order valence-electron chi connectivity index (χ4n) is 3.21. The lowest BCUT2D eigenvalue weighted by Crippen LogP contribution is -2.38. The highest BCUT2D eigenvalue weighted by molar-refractivity contribution is 5.94. The van der Waals surface area contributed by atoms with E-state index < -0.39 is 0 Å². The molecule has 0 unspecified atom stereocenters. The number of hydrogen-bond donors (Lipinski definition) is 1. The van der Waals surface area contributed by atoms with Gasteiger partial charge in [0.2, 0.25) is 6.41 Å². The van der Waals surface area contributed by atoms with E-state index in [1.165, 1.54) is 10.2 Å². The maximum atomic E-state index is 12.7. The summed E-state index contributed by atoms with van der Waals surface area (Å²) in [6, 6.07) is 11.4. The molecule has 1 aliphatic rings. The molecule has 0 radical (unpaired) electrons. The van der Waals surface area contributed by atoms with E-state index in [1.54, 1.807) is 13.1 Å². The molecule has 1 aromatic carbocycles. The summed E-state index contributed by atoms with van der Waals surface area (Å²) in [6.07, 6.45) is 2.31. The summed E-state index contributed by atoms with van der Waals surface area (Å²) in [5.41, 5.74) is 2.33. The van der Waals surface area contributed by atoms with Gasteiger partial charge in [0, 0.05) is 26.2 Å². The Labute approximate surface area is 145 Å². The molecule has 7 nitrogen and oxygen atoms in total. The van der Waals surface area contributed by atoms with E-state index in [1.807, 2.05) is 29.2 Å². The molecule has 128 valence electrons. The van der Waals surface area contributed by atoms with Gasteiger partial charge >= 0.3 is 0 Å². The second-order valence-corrected chi connectivity index (χ2v) is 6.10. The van der Waals surface area contributed by atoms with E-state index in [2.05, 4.69) is 16.5 Å². The number of nitrogens with zero attached hydrogens (tertiary/aromatic N) is 4. The Bertz CT molecular complexity index is 811. The number of likely N-dealkylation sites (tertiary alicyclic amines) is 1. The minimum absolute atomic E-state index is 0.0766. The minimum atomic E-state index is -0.0766. The lowest BCUT2D eigenvalue weighted by molar-refractivity contribution is -0.105. The van der Waals surface area contributed by atoms with Gasteiger partial charge in [-0.1, -0.05) is 12.1 Å². The van der Waals surface area contributed by atoms with Crippen molar-refractivity contribution < 1.29 is 9.59 Å². The zero-order valence-corrected chi connectivity index (χ0v) is 14.0. The van der Waals surface area contributed by atoms with Crippen molar-refractivity contribution in [3.63, 3.8) is 0 Å². The maximum Gasteiger partial charge on any atom is 0.272 e. The molecule has 1 fully saturated rings. The van der Waals surface area contributed by atoms with Crippen LogP contribution in [-0.2, 0) is 11.8 Å². The number of nitriles is 1. The first kappa shape index (κ1) is 16.7. The number of carbonyl (C=O) groups is 2. The summed E-state index contributed by atoms with van der Waals surface area (Å²) in [5.74, 6) is 0.691. The number of nitrogens with one attached hydrogen (secondary N) is 1. The average molecular weight is 337 g/mol. The fourth-order valence-corrected chi connectivity index (χ4v) is 3.21. The second-order valence-electron chi connectivity index (χ2n) is 6.10. The monoisotopic (exact) mass is 337 g/mol. The molecular formula is C18H19N5O2. The molecule has 2 amide bonds. The molecule has 1 N–H and O–H groups in total. The van der Waals surface area contributed by atoms with E-state index in [0.717, 1.165) is 12.8 Å². The summed E-state index contributed by atoms with van der Waals surface area (Å²) in [4.78, 5) is 25.0. The quantitative estimate of drug-likeness (QED) is 0.862. The lowest BCUT2D eigenvalue weighted by atomic mass is 9.89. The molecule has 1 saturated heterocycles. The molecule has 2 heterocycles. The number of piperidine rings is 1. The predicted octanol–water partition coefficient (Wildman–Crippen LogP) is 1.88. The minimum Gasteiger partial charge on any atom is -0.337 e. The van der Waals surface area contributed by atoms with Crippen molar-refractivity contribution in [2.24, 2.45) is 7.05 Å². The van der Waals surface area contributed by atoms with Crippen LogP contribution in [0, 0.1) is 11.3 Å². The molecule has 1 aromatic heterocycles. The Kier molecular flexibility index (Phi) is 4.80. The highest BCUT2D eigenvalue weighted by Gasteiger charge is 2.26. The van der Waals surface area contributed by atoms with Crippen molar-refractivity contribution in [2.75, 3.05) is 18.4 Å². The van der Waals surface area contributed by atoms with E-state index in [-0.39, 0.29) is 5.91 Å². The van der Waals surface area contributed by atoms with Crippen LogP contribution < -0.4 is 5.32 Å². The highest BCUT2D eigenvalue weighted by atomic mass is 16.2. The van der Waals surface area contributed by atoms with Crippen LogP contribution in [0.1, 0.15) is 40.4 Å². The van der Waals surface area contributed by atoms with Crippen LogP contribution >= 0.6 is 0 Å². The summed E-state index contributed by atoms with van der Waals surface area (Å²) in [7, 11) is 1.69. The van der Waals surface area contributed by atoms with Gasteiger partial charge in [-0.3, -0.25) is 14.3 Å². The Morgan fingerprint density at radius 2 is 2.00 bits per heavy atom. The van der Waals surface area contributed by atoms with E-state index in [0.29, 0.717) is 42.5 Å². The van der Waals surface area contributed by atoms with E-state index in [4.69, 9.17) is 5.26 Å². The van der Waals surface area contributed by atoms with Crippen LogP contribution in [0.5, 0.6) is 0 Å². The third-order valence-electron chi connectivity index (χ3n) is 4.60. The first-order chi connectivity index (χ1) is 12.1. The van der Waals surface area contributed by atoms with Crippen molar-refractivity contribution in [1.29, 1.82) is 5.26 Å². The molecule has 0 spiro atoms. The van der Waals surface area contributed by atoms with Crippen LogP contribution in [0.25, 0.3) is 0 Å². The predicted molar refractivity (Wildman–Crippen MR) is 91.9 cm³/mol. The van der Waals surface area contributed by atoms with Gasteiger partial charge in [0.1, 0.15) is 5.69 Å². The van der Waals surface area contributed by atoms with Gasteiger partial charge in [0.25, 0.3) is 5.91 Å². The number of aryl methyl sites for hydroxylation is 1. The number of amides is 2. The first-order valence-corrected chi connectivity index (χ1v) is 8.16. The second kappa shape index (κ2) is 7.18. The molecule has 0 bridgehead atoms. The van der Waals surface area contributed by atoms with Gasteiger partial charge in [0.05, 0.1) is 11.6 Å². The standard InChI is InChI=1S/C18H19N5O2/c1-22-16(10-17(21-22)20-12-24)18(25)23-8-6-15(7-9-23)14-4-2-13(11-19)3-5-14/h2-5,10,12,15H,6-9H2,1H3,(H,20,21,24). The van der Waals surface area contributed by atoms with E-state index in [9.17, 15) is 9.59 Å². The molecule has 25 heavy (non-hydrogen) atoms. The summed E-state index contributed by atoms with van der Waals surface area (Å²) in [5, 5.41) is 15.4. The number of aromatic nitrogens is 2. The molecule has 2 aromatic rings. The third kappa shape index (κ3) is 3.53. The highest BCUT2D eigenvalue weighted by Crippen LogP contribution is 2.29. The van der Waals surface area contributed by atoms with Crippen molar-refractivity contribution in [2.45, 2.75) is 18.8 Å². The maximum absolute atomic E-state index is 12.7. The molecule has 3 rings (SSSR count). The fraction of sp³-hybridized carbons (Fsp3) is 0.333. The molecule has 7 heteroatoms. The smallest absolute Gasteiger partial charge is 0.272 e. The van der Waals surface area contributed by atoms with Crippen LogP contribution in [0.2, 0.25) is 0 Å². The SMILES string of the molecule is Cn1nc(NC=O)cc1C(=O)N1CCC(c2ccc(C#N)cc2)CC1. The van der Waals surface area contributed by atoms with Crippen LogP contribution in [0.15, 0.2) is 30.3 Å². The lowest BCUT2D eigenvalue weighted by Gasteiger charge is -2.32. The van der Waals surface area contributed by atoms with Gasteiger partial charge in [-0.2, -0.15) is 10.4 Å². The summed E-state index contributed by atoms with van der Waals surface area (Å²) in [6.45, 7) is 1.34. The molecule has 0 saturated carbocycles. The molecule has 1 aliphatic heterocycles. The van der Waals surface area contributed by atoms with Crippen molar-refractivity contribution >= 4 is 18.1 Å². The normalized spacial score (nSPS) is 14.8. The average Bonchev–Trinajstić information content (AvgIpc) is 3.02. The third-order valence-corrected chi connectivity index (χ3v) is 4.60. The van der Waals surface area contributed by atoms with E-state index >= 15 is 0 Å². The van der Waals surface area contributed by atoms with Gasteiger partial charge in [0.15, 0.2) is 5.82 Å². The number of benzene rings is 1. The van der Waals surface area contributed by atoms with Crippen LogP contribution in [-0.4, -0.2) is 40.1 Å². The zero-order chi connectivity index (χ0) is 17.8. The molecule has 0 aliphatic carbocycles. The number of carbonyl (C=O) groups excluding carboxylic acids is 2. The molecule has 0 atom stereocenters. The Morgan fingerprint density at radius 1 is 1.32 bits per heavy atom. The van der Waals surface area contributed by atoms with Crippen molar-refractivity contribution in [3.8, 4) is 6.07 Å². The Balaban J connectivity index is 1.64. The Hall–Kier alpha value is -3.14. The summed E-state index contributed by atoms with van der Waals surface area (Å²) >= 11 is 0. The number of anilines is 1. The van der Waals surface area contributed by atoms with Crippen LogP contribution in [0.3, 0.4) is 0 Å². The van der Waals surface area contributed by atoms with Gasteiger partial charge in [-0.05, 0) is 36.5 Å². The van der Waals surface area contributed by atoms with Gasteiger partial charge in [-0.15, -0.1) is 0 Å². The van der Waals surface area contributed by atoms with Crippen molar-refractivity contribution in [1.82, 2.24) is 14.7 Å². The first-order valence-electron chi connectivity index (χ1n) is 8.16. The largest absolute Gasteiger partial charge is 0.337 e.